The lowest BCUT2D eigenvalue weighted by molar-refractivity contribution is -0.128. The van der Waals surface area contributed by atoms with Gasteiger partial charge in [-0.3, -0.25) is 14.5 Å². The van der Waals surface area contributed by atoms with Gasteiger partial charge in [-0.25, -0.2) is 4.39 Å². The van der Waals surface area contributed by atoms with E-state index in [-0.39, 0.29) is 23.7 Å². The fraction of sp³-hybridized carbons (Fsp3) is 0.600. The van der Waals surface area contributed by atoms with Gasteiger partial charge >= 0.3 is 0 Å². The average molecular weight is 543 g/mol. The van der Waals surface area contributed by atoms with Crippen molar-refractivity contribution in [3.63, 3.8) is 0 Å². The Labute approximate surface area is 230 Å². The summed E-state index contributed by atoms with van der Waals surface area (Å²) in [4.78, 5) is 31.9. The first-order valence-corrected chi connectivity index (χ1v) is 15.0. The molecule has 8 heteroatoms. The Morgan fingerprint density at radius 1 is 1.11 bits per heavy atom. The van der Waals surface area contributed by atoms with Gasteiger partial charge in [0.1, 0.15) is 11.9 Å². The van der Waals surface area contributed by atoms with Gasteiger partial charge in [-0.1, -0.05) is 32.0 Å². The lowest BCUT2D eigenvalue weighted by Crippen LogP contribution is -2.57. The molecule has 2 amide bonds. The molecule has 0 spiro atoms. The first kappa shape index (κ1) is 28.7. The van der Waals surface area contributed by atoms with E-state index in [0.717, 1.165) is 50.8 Å². The van der Waals surface area contributed by atoms with E-state index in [1.807, 2.05) is 29.6 Å². The Bertz CT molecular complexity index is 1020. The van der Waals surface area contributed by atoms with Crippen molar-refractivity contribution in [2.45, 2.75) is 71.0 Å². The molecule has 6 nitrogen and oxygen atoms in total. The smallest absolute Gasteiger partial charge is 0.264 e. The van der Waals surface area contributed by atoms with Crippen molar-refractivity contribution < 1.29 is 14.0 Å². The summed E-state index contributed by atoms with van der Waals surface area (Å²) in [6, 6.07) is 10.0. The van der Waals surface area contributed by atoms with Crippen LogP contribution in [0.5, 0.6) is 0 Å². The molecule has 1 aromatic heterocycles. The summed E-state index contributed by atoms with van der Waals surface area (Å²) < 4.78 is 13.5. The van der Waals surface area contributed by atoms with Crippen molar-refractivity contribution in [3.8, 4) is 0 Å². The van der Waals surface area contributed by atoms with Crippen molar-refractivity contribution in [3.05, 3.63) is 58.0 Å². The third-order valence-electron chi connectivity index (χ3n) is 8.15. The number of nitrogens with two attached hydrogens (primary N) is 1. The van der Waals surface area contributed by atoms with Crippen LogP contribution in [-0.4, -0.2) is 59.9 Å². The number of nitrogens with zero attached hydrogens (tertiary/aromatic N) is 2. The highest BCUT2D eigenvalue weighted by molar-refractivity contribution is 7.12. The van der Waals surface area contributed by atoms with E-state index < -0.39 is 6.04 Å². The van der Waals surface area contributed by atoms with Gasteiger partial charge in [0.25, 0.3) is 5.91 Å². The first-order valence-electron chi connectivity index (χ1n) is 14.1. The van der Waals surface area contributed by atoms with Crippen LogP contribution in [-0.2, 0) is 11.3 Å². The highest BCUT2D eigenvalue weighted by Crippen LogP contribution is 2.29. The quantitative estimate of drug-likeness (QED) is 0.448. The second-order valence-corrected chi connectivity index (χ2v) is 12.4. The molecule has 0 radical (unpaired) electrons. The highest BCUT2D eigenvalue weighted by atomic mass is 32.1. The second-order valence-electron chi connectivity index (χ2n) is 11.5. The van der Waals surface area contributed by atoms with Crippen LogP contribution in [0.4, 0.5) is 4.39 Å². The molecule has 208 valence electrons. The van der Waals surface area contributed by atoms with Crippen LogP contribution < -0.4 is 11.1 Å². The van der Waals surface area contributed by atoms with E-state index in [0.29, 0.717) is 48.7 Å². The molecule has 1 aromatic carbocycles. The van der Waals surface area contributed by atoms with Gasteiger partial charge in [0.05, 0.1) is 4.88 Å². The van der Waals surface area contributed by atoms with Crippen LogP contribution in [0.2, 0.25) is 0 Å². The molecule has 1 unspecified atom stereocenters. The number of halogens is 1. The lowest BCUT2D eigenvalue weighted by Gasteiger charge is -2.43. The number of piperidine rings is 1. The second kappa shape index (κ2) is 13.7. The van der Waals surface area contributed by atoms with E-state index in [1.165, 1.54) is 23.5 Å². The Balaban J connectivity index is 1.47. The van der Waals surface area contributed by atoms with Gasteiger partial charge < -0.3 is 16.0 Å². The zero-order valence-corrected chi connectivity index (χ0v) is 23.6. The SMILES string of the molecule is CC(C)CN(Cc1ccc(F)cc1)C1CCN(C(=O)c2cccs2)[C@@H](C(=O)NCC2CCC(CN)CC2)C1. The Kier molecular flexibility index (Phi) is 10.3. The molecular weight excluding hydrogens is 499 g/mol. The number of likely N-dealkylation sites (tertiary alicyclic amines) is 1. The summed E-state index contributed by atoms with van der Waals surface area (Å²) in [5, 5.41) is 5.12. The third-order valence-corrected chi connectivity index (χ3v) is 9.01. The maximum absolute atomic E-state index is 13.7. The van der Waals surface area contributed by atoms with E-state index in [1.54, 1.807) is 4.90 Å². The van der Waals surface area contributed by atoms with Crippen molar-refractivity contribution in [1.82, 2.24) is 15.1 Å². The average Bonchev–Trinajstić information content (AvgIpc) is 3.47. The first-order chi connectivity index (χ1) is 18.3. The molecule has 0 bridgehead atoms. The van der Waals surface area contributed by atoms with Crippen molar-refractivity contribution in [2.24, 2.45) is 23.5 Å². The molecule has 2 aromatic rings. The number of hydrogen-bond donors (Lipinski definition) is 2. The van der Waals surface area contributed by atoms with Gasteiger partial charge in [0.2, 0.25) is 5.91 Å². The number of hydrogen-bond acceptors (Lipinski definition) is 5. The molecule has 1 aliphatic heterocycles. The molecular formula is C30H43FN4O2S. The number of thiophene rings is 1. The third kappa shape index (κ3) is 7.64. The van der Waals surface area contributed by atoms with Crippen LogP contribution in [0.15, 0.2) is 41.8 Å². The number of carbonyl (C=O) groups is 2. The molecule has 2 fully saturated rings. The molecule has 38 heavy (non-hydrogen) atoms. The fourth-order valence-corrected chi connectivity index (χ4v) is 6.66. The standard InChI is InChI=1S/C30H43FN4O2S/c1-21(2)19-34(20-24-9-11-25(31)12-10-24)26-13-14-35(30(37)28-4-3-15-38-28)27(16-26)29(36)33-18-23-7-5-22(17-32)6-8-23/h3-4,9-12,15,21-23,26-27H,5-8,13-14,16-20,32H2,1-2H3,(H,33,36)/t22?,23?,26?,27-/m1/s1. The molecule has 1 aliphatic carbocycles. The predicted octanol–water partition coefficient (Wildman–Crippen LogP) is 4.90. The summed E-state index contributed by atoms with van der Waals surface area (Å²) in [7, 11) is 0. The summed E-state index contributed by atoms with van der Waals surface area (Å²) in [5.74, 6) is 1.17. The van der Waals surface area contributed by atoms with Gasteiger partial charge in [0.15, 0.2) is 0 Å². The molecule has 1 saturated heterocycles. The largest absolute Gasteiger partial charge is 0.354 e. The Morgan fingerprint density at radius 3 is 2.45 bits per heavy atom. The van der Waals surface area contributed by atoms with Gasteiger partial charge in [-0.05, 0) is 92.0 Å². The molecule has 2 heterocycles. The Morgan fingerprint density at radius 2 is 1.82 bits per heavy atom. The zero-order valence-electron chi connectivity index (χ0n) is 22.8. The van der Waals surface area contributed by atoms with E-state index in [4.69, 9.17) is 5.73 Å². The number of amides is 2. The summed E-state index contributed by atoms with van der Waals surface area (Å²) in [6.07, 6.45) is 5.83. The van der Waals surface area contributed by atoms with Crippen molar-refractivity contribution in [1.29, 1.82) is 0 Å². The minimum Gasteiger partial charge on any atom is -0.354 e. The number of carbonyl (C=O) groups excluding carboxylic acids is 2. The van der Waals surface area contributed by atoms with Gasteiger partial charge in [-0.15, -0.1) is 11.3 Å². The van der Waals surface area contributed by atoms with Crippen LogP contribution in [0.1, 0.15) is 67.6 Å². The summed E-state index contributed by atoms with van der Waals surface area (Å²) in [5.41, 5.74) is 6.90. The maximum Gasteiger partial charge on any atom is 0.264 e. The van der Waals surface area contributed by atoms with Gasteiger partial charge in [-0.2, -0.15) is 0 Å². The molecule has 4 rings (SSSR count). The van der Waals surface area contributed by atoms with Crippen LogP contribution in [0, 0.1) is 23.6 Å². The zero-order chi connectivity index (χ0) is 27.1. The minimum atomic E-state index is -0.508. The molecule has 2 atom stereocenters. The van der Waals surface area contributed by atoms with Crippen LogP contribution in [0.25, 0.3) is 0 Å². The van der Waals surface area contributed by atoms with E-state index in [9.17, 15) is 14.0 Å². The molecule has 1 saturated carbocycles. The minimum absolute atomic E-state index is 0.0492. The topological polar surface area (TPSA) is 78.7 Å². The predicted molar refractivity (Wildman–Crippen MR) is 151 cm³/mol. The monoisotopic (exact) mass is 542 g/mol. The normalized spacial score (nSPS) is 24.1. The summed E-state index contributed by atoms with van der Waals surface area (Å²) >= 11 is 1.42. The van der Waals surface area contributed by atoms with Crippen molar-refractivity contribution in [2.75, 3.05) is 26.2 Å². The van der Waals surface area contributed by atoms with Gasteiger partial charge in [0, 0.05) is 32.2 Å². The van der Waals surface area contributed by atoms with Crippen LogP contribution >= 0.6 is 11.3 Å². The molecule has 3 N–H and O–H groups in total. The highest BCUT2D eigenvalue weighted by Gasteiger charge is 2.39. The van der Waals surface area contributed by atoms with E-state index >= 15 is 0 Å². The van der Waals surface area contributed by atoms with E-state index in [2.05, 4.69) is 24.1 Å². The number of rotatable bonds is 10. The Hall–Kier alpha value is -2.29. The summed E-state index contributed by atoms with van der Waals surface area (Å²) in [6.45, 7) is 7.89. The fourth-order valence-electron chi connectivity index (χ4n) is 5.98. The van der Waals surface area contributed by atoms with Crippen LogP contribution in [0.3, 0.4) is 0 Å². The lowest BCUT2D eigenvalue weighted by atomic mass is 9.82. The van der Waals surface area contributed by atoms with Crippen molar-refractivity contribution >= 4 is 23.2 Å². The number of nitrogens with one attached hydrogen (secondary N) is 1. The number of benzene rings is 1. The molecule has 2 aliphatic rings. The maximum atomic E-state index is 13.7.